The maximum absolute atomic E-state index is 13.3. The topological polar surface area (TPSA) is 59.8 Å². The summed E-state index contributed by atoms with van der Waals surface area (Å²) in [5.74, 6) is 0. The Labute approximate surface area is 169 Å². The molecule has 1 aliphatic rings. The predicted molar refractivity (Wildman–Crippen MR) is 116 cm³/mol. The third-order valence-electron chi connectivity index (χ3n) is 5.65. The Morgan fingerprint density at radius 2 is 1.90 bits per heavy atom. The molecule has 0 spiro atoms. The second-order valence-electron chi connectivity index (χ2n) is 7.51. The molecule has 0 saturated carbocycles. The van der Waals surface area contributed by atoms with E-state index in [9.17, 15) is 4.79 Å². The van der Waals surface area contributed by atoms with E-state index in [0.29, 0.717) is 22.6 Å². The molecule has 0 radical (unpaired) electrons. The summed E-state index contributed by atoms with van der Waals surface area (Å²) in [6.45, 7) is 2.79. The number of pyridine rings is 3. The van der Waals surface area contributed by atoms with Crippen molar-refractivity contribution < 1.29 is 0 Å². The van der Waals surface area contributed by atoms with Gasteiger partial charge < -0.3 is 9.88 Å². The van der Waals surface area contributed by atoms with Crippen LogP contribution in [0.1, 0.15) is 18.1 Å². The average molecular weight is 382 g/mol. The molecule has 144 valence electrons. The molecule has 1 aromatic carbocycles. The molecule has 0 saturated heterocycles. The van der Waals surface area contributed by atoms with E-state index in [1.165, 1.54) is 11.1 Å². The van der Waals surface area contributed by atoms with Gasteiger partial charge >= 0.3 is 0 Å². The lowest BCUT2D eigenvalue weighted by molar-refractivity contribution is 0.769. The summed E-state index contributed by atoms with van der Waals surface area (Å²) in [6, 6.07) is 14.6. The molecule has 0 unspecified atom stereocenters. The summed E-state index contributed by atoms with van der Waals surface area (Å²) < 4.78 is 2.02. The van der Waals surface area contributed by atoms with E-state index in [-0.39, 0.29) is 5.43 Å². The van der Waals surface area contributed by atoms with Crippen LogP contribution in [0, 0.1) is 0 Å². The van der Waals surface area contributed by atoms with Crippen molar-refractivity contribution in [2.75, 3.05) is 5.32 Å². The molecule has 5 rings (SSSR count). The molecule has 1 aliphatic carbocycles. The van der Waals surface area contributed by atoms with Gasteiger partial charge in [0.05, 0.1) is 17.3 Å². The monoisotopic (exact) mass is 382 g/mol. The van der Waals surface area contributed by atoms with Crippen molar-refractivity contribution in [3.8, 4) is 11.1 Å². The van der Waals surface area contributed by atoms with Crippen LogP contribution in [0.2, 0.25) is 0 Å². The summed E-state index contributed by atoms with van der Waals surface area (Å²) >= 11 is 0. The molecule has 5 heteroatoms. The quantitative estimate of drug-likeness (QED) is 0.578. The minimum atomic E-state index is -0.0106. The molecule has 0 atom stereocenters. The largest absolute Gasteiger partial charge is 0.380 e. The SMILES string of the molecule is CCn1cc(-c2cccnc2)c(=O)c2cc(NC3Cc4ccccc4C3)cnc21. The van der Waals surface area contributed by atoms with Crippen molar-refractivity contribution in [3.63, 3.8) is 0 Å². The Kier molecular flexibility index (Phi) is 4.35. The van der Waals surface area contributed by atoms with Gasteiger partial charge in [0, 0.05) is 42.3 Å². The Morgan fingerprint density at radius 3 is 2.59 bits per heavy atom. The van der Waals surface area contributed by atoms with E-state index in [4.69, 9.17) is 0 Å². The molecular formula is C24H22N4O. The molecule has 5 nitrogen and oxygen atoms in total. The summed E-state index contributed by atoms with van der Waals surface area (Å²) in [4.78, 5) is 22.0. The van der Waals surface area contributed by atoms with Gasteiger partial charge in [-0.25, -0.2) is 4.98 Å². The Morgan fingerprint density at radius 1 is 1.10 bits per heavy atom. The summed E-state index contributed by atoms with van der Waals surface area (Å²) in [7, 11) is 0. The third kappa shape index (κ3) is 3.18. The number of anilines is 1. The van der Waals surface area contributed by atoms with Crippen LogP contribution in [0.15, 0.2) is 72.0 Å². The van der Waals surface area contributed by atoms with Crippen molar-refractivity contribution in [1.29, 1.82) is 0 Å². The van der Waals surface area contributed by atoms with Gasteiger partial charge in [-0.1, -0.05) is 30.3 Å². The number of rotatable bonds is 4. The molecule has 3 aromatic heterocycles. The highest BCUT2D eigenvalue weighted by atomic mass is 16.1. The van der Waals surface area contributed by atoms with Gasteiger partial charge in [0.25, 0.3) is 0 Å². The standard InChI is InChI=1S/C24H22N4O/c1-2-28-15-22(18-8-5-9-25-13-18)23(29)21-12-20(14-26-24(21)28)27-19-10-16-6-3-4-7-17(16)11-19/h3-9,12-15,19,27H,2,10-11H2,1H3. The van der Waals surface area contributed by atoms with Gasteiger partial charge in [0.2, 0.25) is 0 Å². The normalized spacial score (nSPS) is 13.6. The summed E-state index contributed by atoms with van der Waals surface area (Å²) in [5.41, 5.74) is 5.86. The number of aryl methyl sites for hydroxylation is 1. The van der Waals surface area contributed by atoms with E-state index in [0.717, 1.165) is 30.6 Å². The molecule has 0 fully saturated rings. The first kappa shape index (κ1) is 17.6. The van der Waals surface area contributed by atoms with Crippen LogP contribution in [-0.4, -0.2) is 20.6 Å². The fourth-order valence-corrected chi connectivity index (χ4v) is 4.22. The molecule has 1 N–H and O–H groups in total. The Balaban J connectivity index is 1.54. The van der Waals surface area contributed by atoms with Crippen LogP contribution >= 0.6 is 0 Å². The highest BCUT2D eigenvalue weighted by Crippen LogP contribution is 2.26. The number of hydrogen-bond donors (Lipinski definition) is 1. The number of hydrogen-bond acceptors (Lipinski definition) is 4. The molecule has 4 aromatic rings. The second kappa shape index (κ2) is 7.17. The van der Waals surface area contributed by atoms with E-state index in [1.807, 2.05) is 35.2 Å². The van der Waals surface area contributed by atoms with E-state index in [1.54, 1.807) is 12.4 Å². The predicted octanol–water partition coefficient (Wildman–Crippen LogP) is 4.06. The van der Waals surface area contributed by atoms with Crippen LogP contribution in [0.25, 0.3) is 22.2 Å². The van der Waals surface area contributed by atoms with Crippen LogP contribution in [-0.2, 0) is 19.4 Å². The molecule has 29 heavy (non-hydrogen) atoms. The van der Waals surface area contributed by atoms with Gasteiger partial charge in [-0.3, -0.25) is 9.78 Å². The van der Waals surface area contributed by atoms with Crippen molar-refractivity contribution in [2.45, 2.75) is 32.4 Å². The Bertz CT molecular complexity index is 1220. The highest BCUT2D eigenvalue weighted by Gasteiger charge is 2.21. The highest BCUT2D eigenvalue weighted by molar-refractivity contribution is 5.83. The fraction of sp³-hybridized carbons (Fsp3) is 0.208. The molecule has 0 bridgehead atoms. The number of benzene rings is 1. The van der Waals surface area contributed by atoms with Gasteiger partial charge in [-0.2, -0.15) is 0 Å². The van der Waals surface area contributed by atoms with Gasteiger partial charge in [-0.15, -0.1) is 0 Å². The van der Waals surface area contributed by atoms with Crippen LogP contribution in [0.5, 0.6) is 0 Å². The maximum Gasteiger partial charge on any atom is 0.198 e. The van der Waals surface area contributed by atoms with Gasteiger partial charge in [-0.05, 0) is 43.0 Å². The van der Waals surface area contributed by atoms with Gasteiger partial charge in [0.1, 0.15) is 5.65 Å². The zero-order valence-corrected chi connectivity index (χ0v) is 16.3. The zero-order chi connectivity index (χ0) is 19.8. The van der Waals surface area contributed by atoms with Crippen LogP contribution in [0.3, 0.4) is 0 Å². The van der Waals surface area contributed by atoms with Crippen LogP contribution in [0.4, 0.5) is 5.69 Å². The van der Waals surface area contributed by atoms with Crippen molar-refractivity contribution in [2.24, 2.45) is 0 Å². The fourth-order valence-electron chi connectivity index (χ4n) is 4.22. The van der Waals surface area contributed by atoms with Crippen molar-refractivity contribution in [3.05, 3.63) is 88.6 Å². The van der Waals surface area contributed by atoms with Crippen molar-refractivity contribution >= 4 is 16.7 Å². The van der Waals surface area contributed by atoms with Gasteiger partial charge in [0.15, 0.2) is 5.43 Å². The summed E-state index contributed by atoms with van der Waals surface area (Å²) in [5, 5.41) is 4.21. The van der Waals surface area contributed by atoms with Crippen molar-refractivity contribution in [1.82, 2.24) is 14.5 Å². The first-order valence-corrected chi connectivity index (χ1v) is 10.00. The molecule has 3 heterocycles. The Hall–Kier alpha value is -3.47. The third-order valence-corrected chi connectivity index (χ3v) is 5.65. The molecule has 0 aliphatic heterocycles. The minimum absolute atomic E-state index is 0.0106. The van der Waals surface area contributed by atoms with E-state index >= 15 is 0 Å². The molecule has 0 amide bonds. The average Bonchev–Trinajstić information content (AvgIpc) is 3.17. The van der Waals surface area contributed by atoms with E-state index in [2.05, 4.69) is 46.5 Å². The minimum Gasteiger partial charge on any atom is -0.380 e. The second-order valence-corrected chi connectivity index (χ2v) is 7.51. The van der Waals surface area contributed by atoms with E-state index < -0.39 is 0 Å². The maximum atomic E-state index is 13.3. The number of nitrogens with one attached hydrogen (secondary N) is 1. The lowest BCUT2D eigenvalue weighted by atomic mass is 10.1. The first-order chi connectivity index (χ1) is 14.2. The number of fused-ring (bicyclic) bond motifs is 2. The first-order valence-electron chi connectivity index (χ1n) is 10.00. The zero-order valence-electron chi connectivity index (χ0n) is 16.3. The lowest BCUT2D eigenvalue weighted by Crippen LogP contribution is -2.20. The summed E-state index contributed by atoms with van der Waals surface area (Å²) in [6.07, 6.45) is 9.14. The lowest BCUT2D eigenvalue weighted by Gasteiger charge is -2.15. The number of aromatic nitrogens is 3. The van der Waals surface area contributed by atoms with Crippen LogP contribution < -0.4 is 10.7 Å². The molecular weight excluding hydrogens is 360 g/mol. The smallest absolute Gasteiger partial charge is 0.198 e. The number of nitrogens with zero attached hydrogens (tertiary/aromatic N) is 3.